The van der Waals surface area contributed by atoms with Gasteiger partial charge in [0.15, 0.2) is 0 Å². The topological polar surface area (TPSA) is 97.6 Å². The second-order valence-corrected chi connectivity index (χ2v) is 2.93. The fourth-order valence-corrected chi connectivity index (χ4v) is 1.15. The second-order valence-electron chi connectivity index (χ2n) is 1.85. The van der Waals surface area contributed by atoms with Crippen molar-refractivity contribution < 1.29 is 0 Å². The summed E-state index contributed by atoms with van der Waals surface area (Å²) in [5.41, 5.74) is 5.61. The van der Waals surface area contributed by atoms with Gasteiger partial charge >= 0.3 is 0 Å². The Bertz CT molecular complexity index is 362. The van der Waals surface area contributed by atoms with E-state index >= 15 is 0 Å². The van der Waals surface area contributed by atoms with Gasteiger partial charge in [-0.25, -0.2) is 0 Å². The lowest BCUT2D eigenvalue weighted by atomic mass is 10.5. The van der Waals surface area contributed by atoms with Gasteiger partial charge in [-0.05, 0) is 22.6 Å². The summed E-state index contributed by atoms with van der Waals surface area (Å²) in [7, 11) is 0. The van der Waals surface area contributed by atoms with E-state index in [1.807, 2.05) is 22.6 Å². The van der Waals surface area contributed by atoms with Crippen molar-refractivity contribution >= 4 is 28.3 Å². The van der Waals surface area contributed by atoms with E-state index in [0.29, 0.717) is 3.57 Å². The summed E-state index contributed by atoms with van der Waals surface area (Å²) in [4.78, 5) is 0. The molecule has 0 aliphatic heterocycles. The van der Waals surface area contributed by atoms with Crippen molar-refractivity contribution in [1.82, 2.24) is 0 Å². The first-order chi connectivity index (χ1) is 4.55. The lowest BCUT2D eigenvalue weighted by molar-refractivity contribution is 1.10. The molecule has 0 fully saturated rings. The quantitative estimate of drug-likeness (QED) is 0.443. The summed E-state index contributed by atoms with van der Waals surface area (Å²) in [6, 6.07) is 0. The Morgan fingerprint density at radius 1 is 1.00 bits per heavy atom. The number of hydrogen-bond donors (Lipinski definition) is 4. The molecule has 0 saturated carbocycles. The summed E-state index contributed by atoms with van der Waals surface area (Å²) in [5.74, 6) is 0. The normalized spacial score (nSPS) is 10.1. The molecule has 1 aromatic carbocycles. The molecule has 0 radical (unpaired) electrons. The molecule has 0 aliphatic carbocycles. The van der Waals surface area contributed by atoms with Crippen molar-refractivity contribution in [2.24, 2.45) is 0 Å². The molecule has 0 unspecified atom stereocenters. The van der Waals surface area contributed by atoms with Gasteiger partial charge in [0, 0.05) is 0 Å². The van der Waals surface area contributed by atoms with Crippen LogP contribution in [0.25, 0.3) is 0 Å². The molecule has 5 N–H and O–H groups in total. The van der Waals surface area contributed by atoms with Gasteiger partial charge in [-0.1, -0.05) is 0 Å². The van der Waals surface area contributed by atoms with E-state index in [0.717, 1.165) is 0 Å². The second kappa shape index (κ2) is 2.15. The third kappa shape index (κ3) is 0.772. The van der Waals surface area contributed by atoms with Crippen LogP contribution in [-0.2, 0) is 0 Å². The van der Waals surface area contributed by atoms with Crippen LogP contribution in [-0.4, -0.2) is 0 Å². The maximum atomic E-state index is 7.21. The Kier molecular flexibility index (Phi) is 1.59. The lowest BCUT2D eigenvalue weighted by Crippen LogP contribution is -2.31. The molecule has 0 atom stereocenters. The Labute approximate surface area is 70.1 Å². The fraction of sp³-hybridized carbons (Fsp3) is 0. The molecular formula is C5H5IN4. The first-order valence-corrected chi connectivity index (χ1v) is 3.56. The third-order valence-corrected chi connectivity index (χ3v) is 2.35. The molecule has 52 valence electrons. The molecule has 1 aromatic rings. The SMILES string of the molecule is N=c1c(N)c(I)c(=N)c1=N. The Morgan fingerprint density at radius 2 is 1.50 bits per heavy atom. The first kappa shape index (κ1) is 7.39. The van der Waals surface area contributed by atoms with Gasteiger partial charge < -0.3 is 5.73 Å². The van der Waals surface area contributed by atoms with Gasteiger partial charge in [0.1, 0.15) is 10.7 Å². The lowest BCUT2D eigenvalue weighted by Gasteiger charge is -1.81. The number of rotatable bonds is 0. The van der Waals surface area contributed by atoms with Crippen molar-refractivity contribution in [2.45, 2.75) is 0 Å². The number of hydrogen-bond acceptors (Lipinski definition) is 4. The highest BCUT2D eigenvalue weighted by Crippen LogP contribution is 2.00. The van der Waals surface area contributed by atoms with Gasteiger partial charge in [-0.2, -0.15) is 0 Å². The largest absolute Gasteiger partial charge is 0.396 e. The number of halogens is 1. The summed E-state index contributed by atoms with van der Waals surface area (Å²) in [5, 5.41) is 21.5. The van der Waals surface area contributed by atoms with Crippen molar-refractivity contribution in [3.8, 4) is 0 Å². The van der Waals surface area contributed by atoms with Crippen molar-refractivity contribution in [3.05, 3.63) is 19.6 Å². The molecule has 0 bridgehead atoms. The van der Waals surface area contributed by atoms with Crippen molar-refractivity contribution in [3.63, 3.8) is 0 Å². The van der Waals surface area contributed by atoms with Crippen LogP contribution < -0.4 is 21.8 Å². The Hall–Kier alpha value is -0.720. The van der Waals surface area contributed by atoms with E-state index in [1.54, 1.807) is 0 Å². The van der Waals surface area contributed by atoms with Crippen molar-refractivity contribution in [1.29, 1.82) is 16.2 Å². The zero-order chi connectivity index (χ0) is 7.89. The van der Waals surface area contributed by atoms with Gasteiger partial charge in [0.05, 0.1) is 14.6 Å². The van der Waals surface area contributed by atoms with Crippen LogP contribution in [0.4, 0.5) is 5.69 Å². The standard InChI is InChI=1S/C5H5IN4/c6-1-2(7)4(9)5(10)3(1)8/h7,9-10H,8H2. The number of nitrogens with two attached hydrogens (primary N) is 1. The molecule has 0 spiro atoms. The average molecular weight is 248 g/mol. The van der Waals surface area contributed by atoms with E-state index in [1.165, 1.54) is 0 Å². The summed E-state index contributed by atoms with van der Waals surface area (Å²) >= 11 is 1.86. The summed E-state index contributed by atoms with van der Waals surface area (Å²) < 4.78 is 0.507. The smallest absolute Gasteiger partial charge is 0.107 e. The molecule has 0 saturated heterocycles. The fourth-order valence-electron chi connectivity index (χ4n) is 0.614. The molecule has 5 heteroatoms. The molecule has 0 heterocycles. The maximum Gasteiger partial charge on any atom is 0.107 e. The Balaban J connectivity index is 3.97. The van der Waals surface area contributed by atoms with Gasteiger partial charge in [-0.15, -0.1) is 0 Å². The predicted molar refractivity (Wildman–Crippen MR) is 43.5 cm³/mol. The molecular weight excluding hydrogens is 243 g/mol. The highest BCUT2D eigenvalue weighted by Gasteiger charge is 2.04. The van der Waals surface area contributed by atoms with Crippen molar-refractivity contribution in [2.75, 3.05) is 5.73 Å². The Morgan fingerprint density at radius 3 is 1.60 bits per heavy atom. The first-order valence-electron chi connectivity index (χ1n) is 2.48. The van der Waals surface area contributed by atoms with Crippen LogP contribution in [0.1, 0.15) is 0 Å². The number of nitrogens with one attached hydrogen (secondary N) is 3. The molecule has 10 heavy (non-hydrogen) atoms. The zero-order valence-electron chi connectivity index (χ0n) is 4.96. The van der Waals surface area contributed by atoms with E-state index in [2.05, 4.69) is 0 Å². The van der Waals surface area contributed by atoms with E-state index in [4.69, 9.17) is 22.0 Å². The zero-order valence-corrected chi connectivity index (χ0v) is 7.11. The molecule has 0 aromatic heterocycles. The monoisotopic (exact) mass is 248 g/mol. The van der Waals surface area contributed by atoms with Gasteiger partial charge in [-0.3, -0.25) is 16.2 Å². The highest BCUT2D eigenvalue weighted by atomic mass is 127. The van der Waals surface area contributed by atoms with Crippen LogP contribution in [0, 0.1) is 19.8 Å². The third-order valence-electron chi connectivity index (χ3n) is 1.23. The minimum atomic E-state index is -0.0816. The predicted octanol–water partition coefficient (Wildman–Crippen LogP) is -0.813. The van der Waals surface area contributed by atoms with E-state index in [-0.39, 0.29) is 21.8 Å². The van der Waals surface area contributed by atoms with Crippen LogP contribution in [0.15, 0.2) is 0 Å². The van der Waals surface area contributed by atoms with E-state index < -0.39 is 0 Å². The summed E-state index contributed by atoms with van der Waals surface area (Å²) in [6.45, 7) is 0. The highest BCUT2D eigenvalue weighted by molar-refractivity contribution is 14.1. The maximum absolute atomic E-state index is 7.21. The molecule has 0 aliphatic rings. The number of nitrogen functional groups attached to an aromatic ring is 1. The number of anilines is 1. The minimum Gasteiger partial charge on any atom is -0.396 e. The van der Waals surface area contributed by atoms with E-state index in [9.17, 15) is 0 Å². The summed E-state index contributed by atoms with van der Waals surface area (Å²) in [6.07, 6.45) is 0. The van der Waals surface area contributed by atoms with Crippen LogP contribution in [0.3, 0.4) is 0 Å². The minimum absolute atomic E-state index is 0.0330. The van der Waals surface area contributed by atoms with Gasteiger partial charge in [0.25, 0.3) is 0 Å². The van der Waals surface area contributed by atoms with Crippen LogP contribution >= 0.6 is 22.6 Å². The molecule has 0 amide bonds. The van der Waals surface area contributed by atoms with Crippen LogP contribution in [0.2, 0.25) is 0 Å². The van der Waals surface area contributed by atoms with Gasteiger partial charge in [0.2, 0.25) is 0 Å². The van der Waals surface area contributed by atoms with Crippen LogP contribution in [0.5, 0.6) is 0 Å². The average Bonchev–Trinajstić information content (AvgIpc) is 2.07. The molecule has 1 rings (SSSR count). The molecule has 4 nitrogen and oxygen atoms in total.